The lowest BCUT2D eigenvalue weighted by Crippen LogP contribution is -2.20. The Hall–Kier alpha value is -2.10. The van der Waals surface area contributed by atoms with Crippen LogP contribution in [-0.2, 0) is 5.41 Å². The second-order valence-corrected chi connectivity index (χ2v) is 6.93. The fourth-order valence-corrected chi connectivity index (χ4v) is 2.50. The topological polar surface area (TPSA) is 41.1 Å². The van der Waals surface area contributed by atoms with Gasteiger partial charge in [0.25, 0.3) is 0 Å². The standard InChI is InChI=1S/C19H28N4/c1-6-7-14-23(5)17-12-13-20-18(22-17)21-16-11-9-8-10-15(16)19(2,3)4/h8-13H,6-7,14H2,1-5H3,(H,20,21,22). The van der Waals surface area contributed by atoms with Crippen molar-refractivity contribution >= 4 is 17.5 Å². The van der Waals surface area contributed by atoms with Crippen molar-refractivity contribution < 1.29 is 0 Å². The summed E-state index contributed by atoms with van der Waals surface area (Å²) < 4.78 is 0. The van der Waals surface area contributed by atoms with Crippen molar-refractivity contribution in [3.63, 3.8) is 0 Å². The van der Waals surface area contributed by atoms with Crippen LogP contribution < -0.4 is 10.2 Å². The molecule has 0 bridgehead atoms. The molecule has 0 spiro atoms. The number of benzene rings is 1. The molecule has 1 N–H and O–H groups in total. The molecule has 0 saturated carbocycles. The van der Waals surface area contributed by atoms with Crippen molar-refractivity contribution in [2.75, 3.05) is 23.8 Å². The molecule has 0 atom stereocenters. The molecular weight excluding hydrogens is 284 g/mol. The Kier molecular flexibility index (Phi) is 5.59. The Morgan fingerprint density at radius 3 is 2.57 bits per heavy atom. The molecule has 0 aliphatic heterocycles. The number of aromatic nitrogens is 2. The van der Waals surface area contributed by atoms with E-state index in [1.807, 2.05) is 18.3 Å². The molecule has 4 heteroatoms. The molecule has 0 fully saturated rings. The van der Waals surface area contributed by atoms with E-state index in [0.29, 0.717) is 5.95 Å². The minimum Gasteiger partial charge on any atom is -0.360 e. The molecule has 0 aliphatic carbocycles. The summed E-state index contributed by atoms with van der Waals surface area (Å²) in [7, 11) is 2.07. The van der Waals surface area contributed by atoms with Gasteiger partial charge in [0.15, 0.2) is 0 Å². The van der Waals surface area contributed by atoms with E-state index in [1.165, 1.54) is 12.0 Å². The summed E-state index contributed by atoms with van der Waals surface area (Å²) in [6.45, 7) is 9.84. The van der Waals surface area contributed by atoms with E-state index in [-0.39, 0.29) is 5.41 Å². The van der Waals surface area contributed by atoms with Gasteiger partial charge in [-0.15, -0.1) is 0 Å². The van der Waals surface area contributed by atoms with Gasteiger partial charge in [0.2, 0.25) is 5.95 Å². The fraction of sp³-hybridized carbons (Fsp3) is 0.474. The second kappa shape index (κ2) is 7.44. The SMILES string of the molecule is CCCCN(C)c1ccnc(Nc2ccccc2C(C)(C)C)n1. The summed E-state index contributed by atoms with van der Waals surface area (Å²) in [5.74, 6) is 1.59. The van der Waals surface area contributed by atoms with Gasteiger partial charge >= 0.3 is 0 Å². The van der Waals surface area contributed by atoms with Crippen LogP contribution in [0.15, 0.2) is 36.5 Å². The lowest BCUT2D eigenvalue weighted by Gasteiger charge is -2.23. The second-order valence-electron chi connectivity index (χ2n) is 6.93. The van der Waals surface area contributed by atoms with E-state index in [0.717, 1.165) is 24.5 Å². The number of hydrogen-bond acceptors (Lipinski definition) is 4. The first-order valence-electron chi connectivity index (χ1n) is 8.32. The Bertz CT molecular complexity index is 631. The summed E-state index contributed by atoms with van der Waals surface area (Å²) in [5.41, 5.74) is 2.39. The summed E-state index contributed by atoms with van der Waals surface area (Å²) in [6, 6.07) is 10.3. The van der Waals surface area contributed by atoms with Gasteiger partial charge in [-0.2, -0.15) is 4.98 Å². The van der Waals surface area contributed by atoms with Crippen molar-refractivity contribution in [3.8, 4) is 0 Å². The molecule has 2 rings (SSSR count). The van der Waals surface area contributed by atoms with E-state index < -0.39 is 0 Å². The Morgan fingerprint density at radius 2 is 1.87 bits per heavy atom. The minimum atomic E-state index is 0.0686. The highest BCUT2D eigenvalue weighted by molar-refractivity contribution is 5.61. The van der Waals surface area contributed by atoms with Gasteiger partial charge in [0.05, 0.1) is 0 Å². The van der Waals surface area contributed by atoms with Gasteiger partial charge < -0.3 is 10.2 Å². The van der Waals surface area contributed by atoms with Crippen LogP contribution in [0.4, 0.5) is 17.5 Å². The van der Waals surface area contributed by atoms with Gasteiger partial charge in [-0.25, -0.2) is 4.98 Å². The van der Waals surface area contributed by atoms with Gasteiger partial charge in [-0.1, -0.05) is 52.3 Å². The third kappa shape index (κ3) is 4.68. The first-order chi connectivity index (χ1) is 10.9. The number of unbranched alkanes of at least 4 members (excludes halogenated alkanes) is 1. The molecule has 1 aromatic carbocycles. The molecule has 0 unspecified atom stereocenters. The number of nitrogens with one attached hydrogen (secondary N) is 1. The minimum absolute atomic E-state index is 0.0686. The van der Waals surface area contributed by atoms with E-state index in [2.05, 4.69) is 73.1 Å². The molecule has 0 saturated heterocycles. The van der Waals surface area contributed by atoms with E-state index >= 15 is 0 Å². The predicted octanol–water partition coefficient (Wildman–Crippen LogP) is 4.75. The molecule has 1 aromatic heterocycles. The van der Waals surface area contributed by atoms with Gasteiger partial charge in [0, 0.05) is 25.5 Å². The van der Waals surface area contributed by atoms with Crippen LogP contribution in [0.1, 0.15) is 46.1 Å². The molecule has 124 valence electrons. The zero-order valence-electron chi connectivity index (χ0n) is 14.9. The van der Waals surface area contributed by atoms with Gasteiger partial charge in [-0.3, -0.25) is 0 Å². The fourth-order valence-electron chi connectivity index (χ4n) is 2.50. The zero-order valence-corrected chi connectivity index (χ0v) is 14.9. The third-order valence-corrected chi connectivity index (χ3v) is 3.86. The Labute approximate surface area is 140 Å². The van der Waals surface area contributed by atoms with Crippen molar-refractivity contribution in [1.82, 2.24) is 9.97 Å². The van der Waals surface area contributed by atoms with Crippen LogP contribution >= 0.6 is 0 Å². The largest absolute Gasteiger partial charge is 0.360 e. The summed E-state index contributed by atoms with van der Waals surface area (Å²) in [5, 5.41) is 3.38. The maximum Gasteiger partial charge on any atom is 0.229 e. The van der Waals surface area contributed by atoms with Crippen LogP contribution in [0.3, 0.4) is 0 Å². The third-order valence-electron chi connectivity index (χ3n) is 3.86. The van der Waals surface area contributed by atoms with Crippen LogP contribution in [-0.4, -0.2) is 23.6 Å². The van der Waals surface area contributed by atoms with Crippen LogP contribution in [0.5, 0.6) is 0 Å². The Balaban J connectivity index is 2.22. The van der Waals surface area contributed by atoms with Crippen LogP contribution in [0, 0.1) is 0 Å². The number of hydrogen-bond donors (Lipinski definition) is 1. The first-order valence-corrected chi connectivity index (χ1v) is 8.32. The zero-order chi connectivity index (χ0) is 16.9. The molecule has 23 heavy (non-hydrogen) atoms. The van der Waals surface area contributed by atoms with Crippen molar-refractivity contribution in [2.45, 2.75) is 46.0 Å². The number of nitrogens with zero attached hydrogens (tertiary/aromatic N) is 3. The highest BCUT2D eigenvalue weighted by Crippen LogP contribution is 2.30. The summed E-state index contributed by atoms with van der Waals surface area (Å²) in [4.78, 5) is 11.2. The maximum atomic E-state index is 4.65. The molecule has 0 amide bonds. The monoisotopic (exact) mass is 312 g/mol. The Morgan fingerprint density at radius 1 is 1.13 bits per heavy atom. The number of rotatable bonds is 6. The van der Waals surface area contributed by atoms with Crippen molar-refractivity contribution in [2.24, 2.45) is 0 Å². The summed E-state index contributed by atoms with van der Waals surface area (Å²) >= 11 is 0. The van der Waals surface area contributed by atoms with E-state index in [9.17, 15) is 0 Å². The lowest BCUT2D eigenvalue weighted by molar-refractivity contribution is 0.592. The molecular formula is C19H28N4. The number of anilines is 3. The molecule has 2 aromatic rings. The molecule has 0 aliphatic rings. The smallest absolute Gasteiger partial charge is 0.229 e. The first kappa shape index (κ1) is 17.3. The average Bonchev–Trinajstić information content (AvgIpc) is 2.52. The average molecular weight is 312 g/mol. The molecule has 4 nitrogen and oxygen atoms in total. The van der Waals surface area contributed by atoms with Gasteiger partial charge in [0.1, 0.15) is 5.82 Å². The predicted molar refractivity (Wildman–Crippen MR) is 98.6 cm³/mol. The summed E-state index contributed by atoms with van der Waals surface area (Å²) in [6.07, 6.45) is 4.16. The lowest BCUT2D eigenvalue weighted by atomic mass is 9.86. The van der Waals surface area contributed by atoms with E-state index in [1.54, 1.807) is 0 Å². The van der Waals surface area contributed by atoms with Crippen LogP contribution in [0.2, 0.25) is 0 Å². The molecule has 1 heterocycles. The van der Waals surface area contributed by atoms with Crippen LogP contribution in [0.25, 0.3) is 0 Å². The quantitative estimate of drug-likeness (QED) is 0.835. The van der Waals surface area contributed by atoms with Crippen molar-refractivity contribution in [3.05, 3.63) is 42.1 Å². The maximum absolute atomic E-state index is 4.65. The normalized spacial score (nSPS) is 11.3. The molecule has 0 radical (unpaired) electrons. The van der Waals surface area contributed by atoms with E-state index in [4.69, 9.17) is 0 Å². The highest BCUT2D eigenvalue weighted by Gasteiger charge is 2.18. The number of para-hydroxylation sites is 1. The van der Waals surface area contributed by atoms with Gasteiger partial charge in [-0.05, 0) is 29.5 Å². The van der Waals surface area contributed by atoms with Crippen molar-refractivity contribution in [1.29, 1.82) is 0 Å². The highest BCUT2D eigenvalue weighted by atomic mass is 15.2.